The van der Waals surface area contributed by atoms with Gasteiger partial charge in [-0.2, -0.15) is 0 Å². The topological polar surface area (TPSA) is 20.3 Å². The molecule has 2 aliphatic rings. The Kier molecular flexibility index (Phi) is 3.51. The van der Waals surface area contributed by atoms with Crippen LogP contribution in [0.1, 0.15) is 40.0 Å². The lowest BCUT2D eigenvalue weighted by molar-refractivity contribution is -0.137. The molecule has 2 fully saturated rings. The van der Waals surface area contributed by atoms with Gasteiger partial charge < -0.3 is 4.90 Å². The molecule has 0 spiro atoms. The second-order valence-corrected chi connectivity index (χ2v) is 4.11. The van der Waals surface area contributed by atoms with Gasteiger partial charge >= 0.3 is 0 Å². The Labute approximate surface area is 85.5 Å². The summed E-state index contributed by atoms with van der Waals surface area (Å²) < 4.78 is 13.3. The maximum absolute atomic E-state index is 13.3. The lowest BCUT2D eigenvalue weighted by atomic mass is 10.2. The van der Waals surface area contributed by atoms with Gasteiger partial charge in [0.2, 0.25) is 0 Å². The molecule has 0 bridgehead atoms. The first-order valence-electron chi connectivity index (χ1n) is 5.60. The third kappa shape index (κ3) is 2.25. The van der Waals surface area contributed by atoms with E-state index in [4.69, 9.17) is 0 Å². The van der Waals surface area contributed by atoms with Gasteiger partial charge in [-0.3, -0.25) is 4.79 Å². The summed E-state index contributed by atoms with van der Waals surface area (Å²) in [6.07, 6.45) is 1.91. The summed E-state index contributed by atoms with van der Waals surface area (Å²) in [5, 5.41) is 0. The second-order valence-electron chi connectivity index (χ2n) is 4.11. The third-order valence-corrected chi connectivity index (χ3v) is 2.78. The Morgan fingerprint density at radius 2 is 2.00 bits per heavy atom. The largest absolute Gasteiger partial charge is 0.340 e. The first kappa shape index (κ1) is 11.5. The Morgan fingerprint density at radius 1 is 1.43 bits per heavy atom. The van der Waals surface area contributed by atoms with Gasteiger partial charge in [0.05, 0.1) is 0 Å². The van der Waals surface area contributed by atoms with Gasteiger partial charge in [-0.25, -0.2) is 4.39 Å². The molecule has 1 saturated heterocycles. The minimum Gasteiger partial charge on any atom is -0.340 e. The number of halogens is 1. The Morgan fingerprint density at radius 3 is 2.36 bits per heavy atom. The summed E-state index contributed by atoms with van der Waals surface area (Å²) >= 11 is 0. The zero-order chi connectivity index (χ0) is 10.8. The van der Waals surface area contributed by atoms with Crippen LogP contribution in [-0.4, -0.2) is 29.6 Å². The van der Waals surface area contributed by atoms with Crippen LogP contribution in [0.4, 0.5) is 4.39 Å². The van der Waals surface area contributed by atoms with Crippen molar-refractivity contribution in [3.63, 3.8) is 0 Å². The molecule has 0 aromatic rings. The highest BCUT2D eigenvalue weighted by Gasteiger charge is 2.53. The van der Waals surface area contributed by atoms with E-state index < -0.39 is 5.67 Å². The van der Waals surface area contributed by atoms with Crippen LogP contribution in [-0.2, 0) is 4.79 Å². The van der Waals surface area contributed by atoms with Gasteiger partial charge in [-0.1, -0.05) is 20.8 Å². The zero-order valence-electron chi connectivity index (χ0n) is 9.35. The van der Waals surface area contributed by atoms with E-state index in [1.165, 1.54) is 0 Å². The molecule has 1 aliphatic heterocycles. The summed E-state index contributed by atoms with van der Waals surface area (Å²) in [4.78, 5) is 13.1. The summed E-state index contributed by atoms with van der Waals surface area (Å²) in [7, 11) is 0. The number of rotatable bonds is 1. The predicted molar refractivity (Wildman–Crippen MR) is 54.8 cm³/mol. The third-order valence-electron chi connectivity index (χ3n) is 2.78. The highest BCUT2D eigenvalue weighted by Crippen LogP contribution is 2.42. The van der Waals surface area contributed by atoms with Gasteiger partial charge in [0.25, 0.3) is 5.91 Å². The Hall–Kier alpha value is -0.600. The lowest BCUT2D eigenvalue weighted by Crippen LogP contribution is -2.36. The number of nitrogens with zero attached hydrogens (tertiary/aromatic N) is 1. The van der Waals surface area contributed by atoms with Crippen LogP contribution in [0.25, 0.3) is 0 Å². The van der Waals surface area contributed by atoms with E-state index in [9.17, 15) is 9.18 Å². The molecule has 82 valence electrons. The molecule has 0 aromatic heterocycles. The number of likely N-dealkylation sites (tertiary alicyclic amines) is 1. The fourth-order valence-corrected chi connectivity index (χ4v) is 1.73. The van der Waals surface area contributed by atoms with Crippen molar-refractivity contribution in [2.24, 2.45) is 5.92 Å². The van der Waals surface area contributed by atoms with E-state index in [1.807, 2.05) is 13.8 Å². The fraction of sp³-hybridized carbons (Fsp3) is 0.909. The normalized spacial score (nSPS) is 28.0. The molecule has 0 aromatic carbocycles. The molecular weight excluding hydrogens is 181 g/mol. The molecular formula is C11H20FNO. The molecule has 1 saturated carbocycles. The quantitative estimate of drug-likeness (QED) is 0.638. The summed E-state index contributed by atoms with van der Waals surface area (Å²) in [5.41, 5.74) is -1.45. The lowest BCUT2D eigenvalue weighted by Gasteiger charge is -2.17. The van der Waals surface area contributed by atoms with Crippen molar-refractivity contribution in [2.45, 2.75) is 45.7 Å². The van der Waals surface area contributed by atoms with Crippen molar-refractivity contribution >= 4 is 5.91 Å². The van der Waals surface area contributed by atoms with Crippen LogP contribution in [0.5, 0.6) is 0 Å². The number of carbonyl (C=O) groups is 1. The molecule has 2 nitrogen and oxygen atoms in total. The molecule has 1 aliphatic carbocycles. The van der Waals surface area contributed by atoms with E-state index >= 15 is 0 Å². The first-order valence-corrected chi connectivity index (χ1v) is 5.60. The van der Waals surface area contributed by atoms with Gasteiger partial charge in [0.1, 0.15) is 0 Å². The SMILES string of the molecule is CC.CC1CCN(C(=O)C2(F)CC2)C1. The smallest absolute Gasteiger partial charge is 0.260 e. The predicted octanol–water partition coefficient (Wildman–Crippen LogP) is 2.38. The van der Waals surface area contributed by atoms with Crippen LogP contribution in [0.3, 0.4) is 0 Å². The number of hydrogen-bond acceptors (Lipinski definition) is 1. The van der Waals surface area contributed by atoms with Crippen LogP contribution in [0, 0.1) is 5.92 Å². The number of hydrogen-bond donors (Lipinski definition) is 0. The molecule has 1 atom stereocenters. The van der Waals surface area contributed by atoms with Crippen molar-refractivity contribution < 1.29 is 9.18 Å². The maximum Gasteiger partial charge on any atom is 0.260 e. The molecule has 3 heteroatoms. The summed E-state index contributed by atoms with van der Waals surface area (Å²) in [5.74, 6) is 0.295. The van der Waals surface area contributed by atoms with Crippen molar-refractivity contribution in [1.82, 2.24) is 4.90 Å². The Balaban J connectivity index is 0.000000461. The van der Waals surface area contributed by atoms with Crippen LogP contribution >= 0.6 is 0 Å². The van der Waals surface area contributed by atoms with E-state index in [0.29, 0.717) is 18.8 Å². The minimum atomic E-state index is -1.45. The van der Waals surface area contributed by atoms with E-state index in [1.54, 1.807) is 4.90 Å². The average molecular weight is 201 g/mol. The van der Waals surface area contributed by atoms with E-state index in [2.05, 4.69) is 6.92 Å². The molecule has 0 N–H and O–H groups in total. The zero-order valence-corrected chi connectivity index (χ0v) is 9.35. The monoisotopic (exact) mass is 201 g/mol. The molecule has 0 radical (unpaired) electrons. The second kappa shape index (κ2) is 4.28. The first-order chi connectivity index (χ1) is 6.62. The number of amides is 1. The summed E-state index contributed by atoms with van der Waals surface area (Å²) in [6.45, 7) is 7.61. The van der Waals surface area contributed by atoms with Crippen molar-refractivity contribution in [3.05, 3.63) is 0 Å². The molecule has 2 rings (SSSR count). The highest BCUT2D eigenvalue weighted by atomic mass is 19.1. The van der Waals surface area contributed by atoms with Crippen LogP contribution < -0.4 is 0 Å². The van der Waals surface area contributed by atoms with Crippen molar-refractivity contribution in [3.8, 4) is 0 Å². The highest BCUT2D eigenvalue weighted by molar-refractivity contribution is 5.88. The van der Waals surface area contributed by atoms with Gasteiger partial charge in [-0.05, 0) is 25.2 Å². The van der Waals surface area contributed by atoms with Gasteiger partial charge in [0.15, 0.2) is 5.67 Å². The Bertz CT molecular complexity index is 213. The standard InChI is InChI=1S/C9H14FNO.C2H6/c1-7-2-5-11(6-7)8(12)9(10)3-4-9;1-2/h7H,2-6H2,1H3;1-2H3. The van der Waals surface area contributed by atoms with Gasteiger partial charge in [-0.15, -0.1) is 0 Å². The molecule has 1 amide bonds. The number of alkyl halides is 1. The molecule has 14 heavy (non-hydrogen) atoms. The minimum absolute atomic E-state index is 0.258. The molecule has 1 heterocycles. The maximum atomic E-state index is 13.3. The average Bonchev–Trinajstić information content (AvgIpc) is 2.79. The summed E-state index contributed by atoms with van der Waals surface area (Å²) in [6, 6.07) is 0. The molecule has 1 unspecified atom stereocenters. The van der Waals surface area contributed by atoms with Crippen LogP contribution in [0.15, 0.2) is 0 Å². The number of carbonyl (C=O) groups excluding carboxylic acids is 1. The van der Waals surface area contributed by atoms with Crippen LogP contribution in [0.2, 0.25) is 0 Å². The van der Waals surface area contributed by atoms with Gasteiger partial charge in [0, 0.05) is 13.1 Å². The van der Waals surface area contributed by atoms with Crippen molar-refractivity contribution in [2.75, 3.05) is 13.1 Å². The van der Waals surface area contributed by atoms with Crippen molar-refractivity contribution in [1.29, 1.82) is 0 Å². The van der Waals surface area contributed by atoms with E-state index in [-0.39, 0.29) is 5.91 Å². The fourth-order valence-electron chi connectivity index (χ4n) is 1.73. The van der Waals surface area contributed by atoms with E-state index in [0.717, 1.165) is 19.5 Å².